The maximum atomic E-state index is 12.3. The molecule has 5 heteroatoms. The molecule has 3 heterocycles. The van der Waals surface area contributed by atoms with E-state index in [9.17, 15) is 4.79 Å². The molecule has 20 heavy (non-hydrogen) atoms. The van der Waals surface area contributed by atoms with E-state index >= 15 is 0 Å². The third-order valence-corrected chi connectivity index (χ3v) is 5.29. The summed E-state index contributed by atoms with van der Waals surface area (Å²) >= 11 is 3.39. The maximum absolute atomic E-state index is 12.3. The molecule has 4 nitrogen and oxygen atoms in total. The molecule has 2 aliphatic heterocycles. The fraction of sp³-hybridized carbons (Fsp3) is 0.600. The molecule has 108 valence electrons. The van der Waals surface area contributed by atoms with Crippen molar-refractivity contribution in [1.82, 2.24) is 15.2 Å². The summed E-state index contributed by atoms with van der Waals surface area (Å²) < 4.78 is 0.755. The van der Waals surface area contributed by atoms with Crippen molar-refractivity contribution >= 4 is 21.8 Å². The second kappa shape index (κ2) is 5.82. The van der Waals surface area contributed by atoms with E-state index in [1.165, 1.54) is 19.3 Å². The molecule has 1 N–H and O–H groups in total. The molecule has 2 fully saturated rings. The van der Waals surface area contributed by atoms with Crippen molar-refractivity contribution in [2.45, 2.75) is 50.2 Å². The molecule has 0 saturated carbocycles. The first-order chi connectivity index (χ1) is 9.65. The number of nitrogens with zero attached hydrogens (tertiary/aromatic N) is 2. The van der Waals surface area contributed by atoms with Crippen molar-refractivity contribution in [1.29, 1.82) is 0 Å². The van der Waals surface area contributed by atoms with Crippen LogP contribution in [0.2, 0.25) is 0 Å². The van der Waals surface area contributed by atoms with Crippen molar-refractivity contribution in [3.63, 3.8) is 0 Å². The van der Waals surface area contributed by atoms with Gasteiger partial charge in [-0.05, 0) is 60.8 Å². The van der Waals surface area contributed by atoms with Crippen LogP contribution in [0.25, 0.3) is 0 Å². The minimum absolute atomic E-state index is 0.0647. The van der Waals surface area contributed by atoms with Gasteiger partial charge in [-0.3, -0.25) is 4.79 Å². The van der Waals surface area contributed by atoms with Crippen LogP contribution in [0.15, 0.2) is 22.8 Å². The second-order valence-corrected chi connectivity index (χ2v) is 6.73. The van der Waals surface area contributed by atoms with Crippen LogP contribution >= 0.6 is 15.9 Å². The Morgan fingerprint density at radius 1 is 1.40 bits per heavy atom. The maximum Gasteiger partial charge on any atom is 0.271 e. The number of amides is 1. The molecule has 0 spiro atoms. The quantitative estimate of drug-likeness (QED) is 0.902. The molecule has 0 radical (unpaired) electrons. The molecule has 0 aromatic carbocycles. The van der Waals surface area contributed by atoms with Crippen LogP contribution in [0, 0.1) is 0 Å². The highest BCUT2D eigenvalue weighted by molar-refractivity contribution is 9.10. The van der Waals surface area contributed by atoms with Crippen LogP contribution in [0.5, 0.6) is 0 Å². The number of piperidine rings is 2. The number of nitrogens with one attached hydrogen (secondary N) is 1. The molecule has 2 atom stereocenters. The summed E-state index contributed by atoms with van der Waals surface area (Å²) in [5, 5.41) is 3.17. The molecule has 3 rings (SSSR count). The van der Waals surface area contributed by atoms with Crippen LogP contribution in [0.3, 0.4) is 0 Å². The van der Waals surface area contributed by atoms with Gasteiger partial charge < -0.3 is 10.2 Å². The number of fused-ring (bicyclic) bond motifs is 2. The number of aromatic nitrogens is 1. The average molecular weight is 338 g/mol. The van der Waals surface area contributed by atoms with E-state index in [1.54, 1.807) is 6.20 Å². The zero-order valence-corrected chi connectivity index (χ0v) is 13.3. The van der Waals surface area contributed by atoms with Gasteiger partial charge in [-0.2, -0.15) is 0 Å². The molecule has 2 saturated heterocycles. The molecule has 2 aliphatic rings. The number of hydrogen-bond donors (Lipinski definition) is 1. The molecular formula is C15H20BrN3O. The second-order valence-electron chi connectivity index (χ2n) is 5.88. The van der Waals surface area contributed by atoms with E-state index in [0.29, 0.717) is 17.8 Å². The number of hydrogen-bond acceptors (Lipinski definition) is 3. The Morgan fingerprint density at radius 2 is 2.10 bits per heavy atom. The molecule has 1 aromatic rings. The SMILES string of the molecule is CN1C2CCCC1CC(NC(=O)c1ncccc1Br)C2. The average Bonchev–Trinajstić information content (AvgIpc) is 2.40. The van der Waals surface area contributed by atoms with Crippen molar-refractivity contribution < 1.29 is 4.79 Å². The normalized spacial score (nSPS) is 30.0. The Balaban J connectivity index is 1.67. The first-order valence-electron chi connectivity index (χ1n) is 7.28. The molecule has 2 bridgehead atoms. The third-order valence-electron chi connectivity index (χ3n) is 4.65. The van der Waals surface area contributed by atoms with E-state index in [4.69, 9.17) is 0 Å². The lowest BCUT2D eigenvalue weighted by Crippen LogP contribution is -2.55. The smallest absolute Gasteiger partial charge is 0.271 e. The van der Waals surface area contributed by atoms with Gasteiger partial charge in [-0.1, -0.05) is 6.42 Å². The third kappa shape index (κ3) is 2.74. The van der Waals surface area contributed by atoms with Crippen LogP contribution < -0.4 is 5.32 Å². The predicted molar refractivity (Wildman–Crippen MR) is 81.6 cm³/mol. The number of halogens is 1. The van der Waals surface area contributed by atoms with Crippen molar-refractivity contribution in [2.24, 2.45) is 0 Å². The van der Waals surface area contributed by atoms with Gasteiger partial charge in [0.05, 0.1) is 0 Å². The highest BCUT2D eigenvalue weighted by atomic mass is 79.9. The molecule has 1 aromatic heterocycles. The summed E-state index contributed by atoms with van der Waals surface area (Å²) in [6, 6.07) is 5.20. The van der Waals surface area contributed by atoms with E-state index in [0.717, 1.165) is 17.3 Å². The van der Waals surface area contributed by atoms with Crippen LogP contribution in [0.4, 0.5) is 0 Å². The molecule has 0 aliphatic carbocycles. The first-order valence-corrected chi connectivity index (χ1v) is 8.08. The number of pyridine rings is 1. The minimum atomic E-state index is -0.0647. The van der Waals surface area contributed by atoms with Gasteiger partial charge in [0, 0.05) is 28.8 Å². The minimum Gasteiger partial charge on any atom is -0.348 e. The summed E-state index contributed by atoms with van der Waals surface area (Å²) in [5.74, 6) is -0.0647. The Labute approximate surface area is 128 Å². The Hall–Kier alpha value is -0.940. The number of carbonyl (C=O) groups is 1. The first kappa shape index (κ1) is 14.0. The van der Waals surface area contributed by atoms with Crippen molar-refractivity contribution in [2.75, 3.05) is 7.05 Å². The summed E-state index contributed by atoms with van der Waals surface area (Å²) in [7, 11) is 2.22. The lowest BCUT2D eigenvalue weighted by molar-refractivity contribution is 0.0461. The predicted octanol–water partition coefficient (Wildman–Crippen LogP) is 2.59. The van der Waals surface area contributed by atoms with E-state index < -0.39 is 0 Å². The zero-order valence-electron chi connectivity index (χ0n) is 11.7. The van der Waals surface area contributed by atoms with Gasteiger partial charge in [0.1, 0.15) is 5.69 Å². The van der Waals surface area contributed by atoms with Crippen molar-refractivity contribution in [3.05, 3.63) is 28.5 Å². The Bertz CT molecular complexity index is 494. The van der Waals surface area contributed by atoms with E-state index in [2.05, 4.69) is 38.2 Å². The summed E-state index contributed by atoms with van der Waals surface area (Å²) in [5.41, 5.74) is 0.483. The number of carbonyl (C=O) groups excluding carboxylic acids is 1. The molecule has 2 unspecified atom stereocenters. The Kier molecular flexibility index (Phi) is 4.08. The largest absolute Gasteiger partial charge is 0.348 e. The Morgan fingerprint density at radius 3 is 2.75 bits per heavy atom. The summed E-state index contributed by atoms with van der Waals surface area (Å²) in [4.78, 5) is 19.0. The molecule has 1 amide bonds. The lowest BCUT2D eigenvalue weighted by atomic mass is 9.82. The van der Waals surface area contributed by atoms with Crippen LogP contribution in [0.1, 0.15) is 42.6 Å². The van der Waals surface area contributed by atoms with Crippen molar-refractivity contribution in [3.8, 4) is 0 Å². The van der Waals surface area contributed by atoms with Gasteiger partial charge in [0.15, 0.2) is 0 Å². The van der Waals surface area contributed by atoms with Crippen LogP contribution in [-0.4, -0.2) is 41.0 Å². The zero-order chi connectivity index (χ0) is 14.1. The van der Waals surface area contributed by atoms with Gasteiger partial charge in [-0.25, -0.2) is 4.98 Å². The summed E-state index contributed by atoms with van der Waals surface area (Å²) in [6.07, 6.45) is 7.61. The lowest BCUT2D eigenvalue weighted by Gasteiger charge is -2.47. The van der Waals surface area contributed by atoms with Gasteiger partial charge in [0.25, 0.3) is 5.91 Å². The van der Waals surface area contributed by atoms with E-state index in [1.807, 2.05) is 12.1 Å². The van der Waals surface area contributed by atoms with Gasteiger partial charge in [0.2, 0.25) is 0 Å². The fourth-order valence-corrected chi connectivity index (χ4v) is 3.98. The number of rotatable bonds is 2. The summed E-state index contributed by atoms with van der Waals surface area (Å²) in [6.45, 7) is 0. The molecular weight excluding hydrogens is 318 g/mol. The van der Waals surface area contributed by atoms with Crippen LogP contribution in [-0.2, 0) is 0 Å². The highest BCUT2D eigenvalue weighted by Gasteiger charge is 2.36. The highest BCUT2D eigenvalue weighted by Crippen LogP contribution is 2.32. The van der Waals surface area contributed by atoms with Gasteiger partial charge in [-0.15, -0.1) is 0 Å². The standard InChI is InChI=1S/C15H20BrN3O/c1-19-11-4-2-5-12(19)9-10(8-11)18-15(20)14-13(16)6-3-7-17-14/h3,6-7,10-12H,2,4-5,8-9H2,1H3,(H,18,20). The fourth-order valence-electron chi connectivity index (χ4n) is 3.54. The van der Waals surface area contributed by atoms with Gasteiger partial charge >= 0.3 is 0 Å². The monoisotopic (exact) mass is 337 g/mol. The topological polar surface area (TPSA) is 45.2 Å². The van der Waals surface area contributed by atoms with E-state index in [-0.39, 0.29) is 11.9 Å².